The zero-order valence-corrected chi connectivity index (χ0v) is 6.48. The van der Waals surface area contributed by atoms with Gasteiger partial charge in [0.1, 0.15) is 5.92 Å². The molecular formula is C6H7F2NOS. The average Bonchev–Trinajstić information content (AvgIpc) is 1.96. The molecule has 0 saturated carbocycles. The molecule has 1 aliphatic heterocycles. The van der Waals surface area contributed by atoms with Crippen molar-refractivity contribution in [3.8, 4) is 6.07 Å². The first-order chi connectivity index (χ1) is 5.16. The lowest BCUT2D eigenvalue weighted by atomic mass is 10.1. The molecule has 2 nitrogen and oxygen atoms in total. The Kier molecular flexibility index (Phi) is 2.55. The predicted molar refractivity (Wildman–Crippen MR) is 36.5 cm³/mol. The Labute approximate surface area is 65.7 Å². The fraction of sp³-hybridized carbons (Fsp3) is 0.833. The average molecular weight is 179 g/mol. The molecule has 3 atom stereocenters. The maximum atomic E-state index is 12.0. The zero-order valence-electron chi connectivity index (χ0n) is 5.67. The van der Waals surface area contributed by atoms with Crippen LogP contribution >= 0.6 is 0 Å². The Morgan fingerprint density at radius 2 is 2.27 bits per heavy atom. The Balaban J connectivity index is 2.57. The molecule has 0 aromatic carbocycles. The molecule has 5 heteroatoms. The molecule has 1 saturated heterocycles. The molecule has 0 spiro atoms. The second kappa shape index (κ2) is 3.26. The van der Waals surface area contributed by atoms with Gasteiger partial charge in [-0.25, -0.2) is 8.78 Å². The summed E-state index contributed by atoms with van der Waals surface area (Å²) >= 11 is 0. The topological polar surface area (TPSA) is 40.9 Å². The molecule has 62 valence electrons. The number of halogens is 2. The van der Waals surface area contributed by atoms with Crippen LogP contribution < -0.4 is 0 Å². The summed E-state index contributed by atoms with van der Waals surface area (Å²) in [6.07, 6.45) is -2.16. The maximum Gasteiger partial charge on any atom is 0.255 e. The molecule has 1 rings (SSSR count). The van der Waals surface area contributed by atoms with Crippen molar-refractivity contribution in [2.75, 3.05) is 5.75 Å². The Bertz CT molecular complexity index is 213. The van der Waals surface area contributed by atoms with Crippen LogP contribution in [0.1, 0.15) is 6.42 Å². The van der Waals surface area contributed by atoms with Gasteiger partial charge in [0.2, 0.25) is 0 Å². The van der Waals surface area contributed by atoms with Crippen molar-refractivity contribution in [1.29, 1.82) is 5.26 Å². The third-order valence-electron chi connectivity index (χ3n) is 1.76. The van der Waals surface area contributed by atoms with Crippen molar-refractivity contribution in [1.82, 2.24) is 0 Å². The van der Waals surface area contributed by atoms with E-state index in [9.17, 15) is 13.0 Å². The summed E-state index contributed by atoms with van der Waals surface area (Å²) in [5.41, 5.74) is 0. The molecule has 0 bridgehead atoms. The highest BCUT2D eigenvalue weighted by Crippen LogP contribution is 2.27. The van der Waals surface area contributed by atoms with Crippen molar-refractivity contribution < 1.29 is 13.0 Å². The minimum absolute atomic E-state index is 0.468. The lowest BCUT2D eigenvalue weighted by molar-refractivity contribution is 0.0992. The molecule has 11 heavy (non-hydrogen) atoms. The number of alkyl halides is 2. The highest BCUT2D eigenvalue weighted by molar-refractivity contribution is 7.87. The minimum atomic E-state index is -2.66. The van der Waals surface area contributed by atoms with Crippen molar-refractivity contribution >= 4 is 10.8 Å². The third kappa shape index (κ3) is 1.56. The number of nitriles is 1. The number of hydrogen-bond acceptors (Lipinski definition) is 2. The SMILES string of the molecule is N#CC(C(F)F)C1CCS1=O. The lowest BCUT2D eigenvalue weighted by Crippen LogP contribution is -2.40. The van der Waals surface area contributed by atoms with Gasteiger partial charge in [0, 0.05) is 16.6 Å². The van der Waals surface area contributed by atoms with Crippen LogP contribution in [0.2, 0.25) is 0 Å². The summed E-state index contributed by atoms with van der Waals surface area (Å²) in [4.78, 5) is 0. The number of rotatable bonds is 2. The van der Waals surface area contributed by atoms with Gasteiger partial charge in [-0.3, -0.25) is 4.21 Å². The first kappa shape index (κ1) is 8.60. The smallest absolute Gasteiger partial charge is 0.255 e. The molecule has 0 radical (unpaired) electrons. The van der Waals surface area contributed by atoms with E-state index >= 15 is 0 Å². The van der Waals surface area contributed by atoms with E-state index in [1.165, 1.54) is 6.07 Å². The molecule has 0 aliphatic carbocycles. The highest BCUT2D eigenvalue weighted by atomic mass is 32.2. The summed E-state index contributed by atoms with van der Waals surface area (Å²) < 4.78 is 34.7. The quantitative estimate of drug-likeness (QED) is 0.632. The second-order valence-electron chi connectivity index (χ2n) is 2.40. The maximum absolute atomic E-state index is 12.0. The number of hydrogen-bond donors (Lipinski definition) is 0. The second-order valence-corrected chi connectivity index (χ2v) is 4.18. The van der Waals surface area contributed by atoms with E-state index in [1.54, 1.807) is 0 Å². The van der Waals surface area contributed by atoms with Crippen LogP contribution in [0.3, 0.4) is 0 Å². The Hall–Kier alpha value is -0.500. The normalized spacial score (nSPS) is 32.5. The lowest BCUT2D eigenvalue weighted by Gasteiger charge is -2.27. The van der Waals surface area contributed by atoms with Gasteiger partial charge in [0.05, 0.1) is 11.3 Å². The van der Waals surface area contributed by atoms with Crippen LogP contribution in [-0.2, 0) is 10.8 Å². The van der Waals surface area contributed by atoms with Gasteiger partial charge in [-0.05, 0) is 6.42 Å². The zero-order chi connectivity index (χ0) is 8.43. The first-order valence-electron chi connectivity index (χ1n) is 3.21. The van der Waals surface area contributed by atoms with E-state index in [1.807, 2.05) is 0 Å². The minimum Gasteiger partial charge on any atom is -0.259 e. The van der Waals surface area contributed by atoms with Gasteiger partial charge in [0.25, 0.3) is 6.43 Å². The van der Waals surface area contributed by atoms with Gasteiger partial charge < -0.3 is 0 Å². The van der Waals surface area contributed by atoms with Crippen LogP contribution in [0, 0.1) is 17.2 Å². The summed E-state index contributed by atoms with van der Waals surface area (Å²) in [7, 11) is -1.18. The van der Waals surface area contributed by atoms with E-state index in [2.05, 4.69) is 0 Å². The molecule has 0 amide bonds. The predicted octanol–water partition coefficient (Wildman–Crippen LogP) is 0.912. The van der Waals surface area contributed by atoms with Crippen LogP contribution in [-0.4, -0.2) is 21.6 Å². The molecule has 0 N–H and O–H groups in total. The first-order valence-corrected chi connectivity index (χ1v) is 4.60. The van der Waals surface area contributed by atoms with Gasteiger partial charge in [-0.1, -0.05) is 0 Å². The van der Waals surface area contributed by atoms with Crippen molar-refractivity contribution in [3.63, 3.8) is 0 Å². The van der Waals surface area contributed by atoms with Crippen LogP contribution in [0.15, 0.2) is 0 Å². The van der Waals surface area contributed by atoms with E-state index in [-0.39, 0.29) is 0 Å². The van der Waals surface area contributed by atoms with Crippen molar-refractivity contribution in [2.24, 2.45) is 5.92 Å². The summed E-state index contributed by atoms with van der Waals surface area (Å²) in [5, 5.41) is 7.70. The fourth-order valence-electron chi connectivity index (χ4n) is 0.995. The van der Waals surface area contributed by atoms with E-state index < -0.39 is 28.4 Å². The molecule has 1 fully saturated rings. The summed E-state index contributed by atoms with van der Waals surface area (Å²) in [5.74, 6) is -0.861. The molecule has 1 heterocycles. The highest BCUT2D eigenvalue weighted by Gasteiger charge is 2.39. The molecule has 0 aromatic rings. The third-order valence-corrected chi connectivity index (χ3v) is 3.60. The fourth-order valence-corrected chi connectivity index (χ4v) is 2.20. The summed E-state index contributed by atoms with van der Waals surface area (Å²) in [6, 6.07) is 1.49. The van der Waals surface area contributed by atoms with E-state index in [0.29, 0.717) is 12.2 Å². The summed E-state index contributed by atoms with van der Waals surface area (Å²) in [6.45, 7) is 0. The molecule has 3 unspecified atom stereocenters. The molecule has 0 aromatic heterocycles. The van der Waals surface area contributed by atoms with Crippen LogP contribution in [0.5, 0.6) is 0 Å². The number of nitrogens with zero attached hydrogens (tertiary/aromatic N) is 1. The van der Waals surface area contributed by atoms with E-state index in [0.717, 1.165) is 0 Å². The van der Waals surface area contributed by atoms with Crippen LogP contribution in [0.25, 0.3) is 0 Å². The molecule has 1 aliphatic rings. The van der Waals surface area contributed by atoms with Crippen molar-refractivity contribution in [3.05, 3.63) is 0 Å². The molecular weight excluding hydrogens is 172 g/mol. The standard InChI is InChI=1S/C6H7F2NOS/c7-6(8)4(3-9)5-1-2-11(5)10/h4-6H,1-2H2. The van der Waals surface area contributed by atoms with Crippen molar-refractivity contribution in [2.45, 2.75) is 18.1 Å². The largest absolute Gasteiger partial charge is 0.259 e. The van der Waals surface area contributed by atoms with Gasteiger partial charge in [-0.15, -0.1) is 0 Å². The monoisotopic (exact) mass is 179 g/mol. The Morgan fingerprint density at radius 1 is 1.64 bits per heavy atom. The van der Waals surface area contributed by atoms with E-state index in [4.69, 9.17) is 5.26 Å². The van der Waals surface area contributed by atoms with Gasteiger partial charge >= 0.3 is 0 Å². The van der Waals surface area contributed by atoms with Gasteiger partial charge in [0.15, 0.2) is 0 Å². The Morgan fingerprint density at radius 3 is 2.36 bits per heavy atom. The van der Waals surface area contributed by atoms with Gasteiger partial charge in [-0.2, -0.15) is 5.26 Å². The van der Waals surface area contributed by atoms with Crippen LogP contribution in [0.4, 0.5) is 8.78 Å².